The van der Waals surface area contributed by atoms with E-state index in [-0.39, 0.29) is 34.5 Å². The average molecular weight is 1960 g/mol. The molecule has 16 nitrogen and oxygen atoms in total. The van der Waals surface area contributed by atoms with Crippen molar-refractivity contribution in [1.29, 1.82) is 0 Å². The summed E-state index contributed by atoms with van der Waals surface area (Å²) in [6.07, 6.45) is 29.8. The van der Waals surface area contributed by atoms with Crippen molar-refractivity contribution in [3.63, 3.8) is 0 Å². The Labute approximate surface area is 780 Å². The highest BCUT2D eigenvalue weighted by Gasteiger charge is 2.49. The molecule has 3 heterocycles. The standard InChI is InChI=1S/C15H21NO.C14H19NO.C13H16BrNO.C13H16FNO.C13H16INO.C11H14ClNOS.C11H14FNOS.C11H15NOS/c1-3-12-8-4-5-9-13(12)15(16-2)11-7-6-10-14(15)17;1-11-7-3-4-8-12(11)14(15-2)10-6-5-9-13(14)16;3*1-15-13(9-5-4-8-12(13)16)10-6-2-3-7-11(10)14;2*1-13-11(6-3-2-4-9(11)14)10-8(12)5-7-15-10;1-12-11(10-6-4-8-14-10)7-3-2-5-9(11)13/h4-5,8-9,16H,3,6-7,10-11H2,1-2H3;3-4,7-8,15H,5-6,9-10H2,1-2H3;3*2-3,6-7,15H,4-5,8-9H2,1H3;2*5,7,13H,2-4,6H2,1H3;4,6,8,12H,2-3,5,7H2,1H3/t15-;14-;3*13-;3*11-/m11111000/s1. The number of carbonyl (C=O) groups is 8. The summed E-state index contributed by atoms with van der Waals surface area (Å²) in [5.74, 6) is 1.65. The highest BCUT2D eigenvalue weighted by Crippen LogP contribution is 2.46. The third-order valence-corrected chi connectivity index (χ3v) is 32.5. The molecule has 5 aromatic carbocycles. The summed E-state index contributed by atoms with van der Waals surface area (Å²) >= 11 is 16.5. The Bertz CT molecular complexity index is 4530. The molecule has 8 aromatic rings. The molecule has 0 amide bonds. The third-order valence-electron chi connectivity index (χ3n) is 27.3. The molecule has 0 radical (unpaired) electrons. The molecule has 8 saturated carbocycles. The van der Waals surface area contributed by atoms with E-state index in [1.165, 1.54) is 48.6 Å². The monoisotopic (exact) mass is 1960 g/mol. The number of ketones is 8. The predicted octanol–water partition coefficient (Wildman–Crippen LogP) is 21.3. The van der Waals surface area contributed by atoms with Crippen molar-refractivity contribution in [1.82, 2.24) is 42.5 Å². The van der Waals surface area contributed by atoms with Crippen molar-refractivity contribution >= 4 is 130 Å². The van der Waals surface area contributed by atoms with Crippen LogP contribution in [0.1, 0.15) is 266 Å². The molecule has 8 fully saturated rings. The molecule has 125 heavy (non-hydrogen) atoms. The van der Waals surface area contributed by atoms with Gasteiger partial charge in [-0.2, -0.15) is 0 Å². The Morgan fingerprint density at radius 2 is 0.648 bits per heavy atom. The van der Waals surface area contributed by atoms with Gasteiger partial charge < -0.3 is 42.5 Å². The molecule has 0 unspecified atom stereocenters. The summed E-state index contributed by atoms with van der Waals surface area (Å²) in [5, 5.41) is 32.0. The summed E-state index contributed by atoms with van der Waals surface area (Å²) in [5.41, 5.74) is 3.34. The van der Waals surface area contributed by atoms with Crippen LogP contribution in [0.15, 0.2) is 166 Å². The zero-order valence-corrected chi connectivity index (χ0v) is 81.8. The number of hydrogen-bond donors (Lipinski definition) is 8. The van der Waals surface area contributed by atoms with Crippen LogP contribution in [0, 0.1) is 22.1 Å². The van der Waals surface area contributed by atoms with E-state index < -0.39 is 38.8 Å². The van der Waals surface area contributed by atoms with E-state index in [4.69, 9.17) is 11.6 Å². The number of likely N-dealkylation sites (N-methyl/N-ethyl adjacent to an activating group) is 8. The van der Waals surface area contributed by atoms with Crippen LogP contribution in [0.25, 0.3) is 0 Å². The first-order chi connectivity index (χ1) is 60.3. The first kappa shape index (κ1) is 102. The molecule has 0 bridgehead atoms. The fraction of sp³-hybridized carbons (Fsp3) is 0.505. The van der Waals surface area contributed by atoms with Gasteiger partial charge in [0.2, 0.25) is 0 Å². The lowest BCUT2D eigenvalue weighted by atomic mass is 9.74. The molecular weight excluding hydrogens is 1830 g/mol. The van der Waals surface area contributed by atoms with Crippen LogP contribution in [0.3, 0.4) is 0 Å². The fourth-order valence-corrected chi connectivity index (χ4v) is 24.9. The first-order valence-corrected chi connectivity index (χ1v) is 49.8. The summed E-state index contributed by atoms with van der Waals surface area (Å²) in [4.78, 5) is 99.9. The van der Waals surface area contributed by atoms with Gasteiger partial charge in [-0.1, -0.05) is 195 Å². The van der Waals surface area contributed by atoms with Crippen LogP contribution in [0.5, 0.6) is 0 Å². The van der Waals surface area contributed by atoms with Crippen LogP contribution in [-0.2, 0) is 89.1 Å². The summed E-state index contributed by atoms with van der Waals surface area (Å²) in [7, 11) is 14.8. The highest BCUT2D eigenvalue weighted by molar-refractivity contribution is 14.1. The Morgan fingerprint density at radius 1 is 0.328 bits per heavy atom. The van der Waals surface area contributed by atoms with Gasteiger partial charge in [0.1, 0.15) is 55.9 Å². The summed E-state index contributed by atoms with van der Waals surface area (Å²) in [6, 6.07) is 46.6. The normalized spacial score (nSPS) is 26.2. The van der Waals surface area contributed by atoms with Crippen LogP contribution in [0.2, 0.25) is 5.02 Å². The SMILES string of the molecule is CCc1ccccc1[C@]1(NC)CCCCC1=O.CN[C@@]1(c2ccccc2Br)CCCCC1=O.CN[C@@]1(c2ccccc2C)CCCCC1=O.CN[C@@]1(c2ccccc2F)CCCCC1=O.CN[C@@]1(c2ccccc2I)CCCCC1=O.CN[C@@]1(c2cccs2)CCCCC1=O.CN[C@@]1(c2sccc2Cl)CCCCC1=O.CN[C@@]1(c2sccc2F)CCCCC1=O. The second-order valence-corrected chi connectivity index (χ2v) is 38.9. The maximum atomic E-state index is 13.8. The number of hydrogen-bond acceptors (Lipinski definition) is 19. The van der Waals surface area contributed by atoms with E-state index in [0.29, 0.717) is 102 Å². The Kier molecular flexibility index (Phi) is 39.7. The predicted molar refractivity (Wildman–Crippen MR) is 518 cm³/mol. The lowest BCUT2D eigenvalue weighted by Crippen LogP contribution is -2.49. The average Bonchev–Trinajstić information content (AvgIpc) is 1.78. The van der Waals surface area contributed by atoms with E-state index >= 15 is 0 Å². The van der Waals surface area contributed by atoms with Gasteiger partial charge in [-0.3, -0.25) is 38.4 Å². The molecule has 16 rings (SSSR count). The van der Waals surface area contributed by atoms with Crippen molar-refractivity contribution in [3.8, 4) is 0 Å². The second kappa shape index (κ2) is 48.5. The fourth-order valence-electron chi connectivity index (χ4n) is 20.0. The smallest absolute Gasteiger partial charge is 0.158 e. The number of benzene rings is 5. The van der Waals surface area contributed by atoms with Crippen LogP contribution >= 0.6 is 84.1 Å². The van der Waals surface area contributed by atoms with Crippen molar-refractivity contribution in [2.24, 2.45) is 0 Å². The number of Topliss-reactive ketones (excluding diaryl/α,β-unsaturated/α-hetero) is 8. The number of carbonyl (C=O) groups excluding carboxylic acids is 8. The molecule has 676 valence electrons. The van der Waals surface area contributed by atoms with Crippen LogP contribution in [0.4, 0.5) is 8.78 Å². The van der Waals surface area contributed by atoms with E-state index in [2.05, 4.69) is 143 Å². The molecule has 0 spiro atoms. The van der Waals surface area contributed by atoms with Crippen molar-refractivity contribution in [3.05, 3.63) is 240 Å². The maximum Gasteiger partial charge on any atom is 0.158 e. The molecule has 0 aliphatic heterocycles. The van der Waals surface area contributed by atoms with E-state index in [1.807, 2.05) is 120 Å². The Balaban J connectivity index is 0.000000162. The number of thiophene rings is 3. The van der Waals surface area contributed by atoms with Crippen LogP contribution in [-0.4, -0.2) is 103 Å². The Hall–Kier alpha value is -6.40. The number of nitrogens with one attached hydrogen (secondary N) is 8. The topological polar surface area (TPSA) is 233 Å². The molecule has 8 aliphatic carbocycles. The molecule has 24 heteroatoms. The largest absolute Gasteiger partial charge is 0.304 e. The molecular formula is C101H131BrClF2IN8O8S3. The molecule has 8 N–H and O–H groups in total. The number of rotatable bonds is 17. The number of aryl methyl sites for hydroxylation is 2. The molecule has 3 aromatic heterocycles. The first-order valence-electron chi connectivity index (χ1n) is 45.0. The third kappa shape index (κ3) is 23.0. The molecule has 0 saturated heterocycles. The van der Waals surface area contributed by atoms with Gasteiger partial charge >= 0.3 is 0 Å². The van der Waals surface area contributed by atoms with Crippen molar-refractivity contribution in [2.45, 2.75) is 270 Å². The van der Waals surface area contributed by atoms with Gasteiger partial charge in [0, 0.05) is 69.9 Å². The van der Waals surface area contributed by atoms with Gasteiger partial charge in [0.15, 0.2) is 46.3 Å². The van der Waals surface area contributed by atoms with Gasteiger partial charge in [0.05, 0.1) is 14.8 Å². The minimum atomic E-state index is -0.802. The molecule has 8 aliphatic rings. The lowest BCUT2D eigenvalue weighted by Gasteiger charge is -2.37. The van der Waals surface area contributed by atoms with Gasteiger partial charge in [-0.05, 0) is 281 Å². The Morgan fingerprint density at radius 3 is 1.01 bits per heavy atom. The van der Waals surface area contributed by atoms with Gasteiger partial charge in [0.25, 0.3) is 0 Å². The van der Waals surface area contributed by atoms with E-state index in [1.54, 1.807) is 60.3 Å². The van der Waals surface area contributed by atoms with Crippen molar-refractivity contribution in [2.75, 3.05) is 56.4 Å². The zero-order chi connectivity index (χ0) is 90.5. The number of halogens is 5. The highest BCUT2D eigenvalue weighted by atomic mass is 127. The van der Waals surface area contributed by atoms with Crippen molar-refractivity contribution < 1.29 is 47.1 Å². The van der Waals surface area contributed by atoms with Gasteiger partial charge in [-0.15, -0.1) is 34.0 Å². The molecule has 8 atom stereocenters. The summed E-state index contributed by atoms with van der Waals surface area (Å²) < 4.78 is 29.5. The zero-order valence-electron chi connectivity index (χ0n) is 74.8. The van der Waals surface area contributed by atoms with E-state index in [9.17, 15) is 47.1 Å². The van der Waals surface area contributed by atoms with E-state index in [0.717, 1.165) is 180 Å². The quantitative estimate of drug-likeness (QED) is 0.0396. The maximum absolute atomic E-state index is 13.8. The minimum absolute atomic E-state index is 0.103. The second-order valence-electron chi connectivity index (χ2n) is 33.7. The van der Waals surface area contributed by atoms with Gasteiger partial charge in [-0.25, -0.2) is 8.78 Å². The van der Waals surface area contributed by atoms with Crippen LogP contribution < -0.4 is 42.5 Å². The summed E-state index contributed by atoms with van der Waals surface area (Å²) in [6.45, 7) is 4.23. The lowest BCUT2D eigenvalue weighted by molar-refractivity contribution is -0.128. The minimum Gasteiger partial charge on any atom is -0.304 e.